The standard InChI is InChI=1S/C10H15N.C2H6/c1-8-5-4-6-10(7-8)9(2)11-3;1-2/h4-7,9,11H,1-3H3;1-2H3. The molecule has 0 aliphatic carbocycles. The van der Waals surface area contributed by atoms with Crippen LogP contribution in [-0.4, -0.2) is 7.05 Å². The van der Waals surface area contributed by atoms with Crippen LogP contribution in [0.15, 0.2) is 24.3 Å². The van der Waals surface area contributed by atoms with Crippen molar-refractivity contribution in [3.63, 3.8) is 0 Å². The Bertz CT molecular complexity index is 230. The normalized spacial score (nSPS) is 11.5. The molecule has 1 rings (SSSR count). The van der Waals surface area contributed by atoms with Crippen molar-refractivity contribution in [1.29, 1.82) is 0 Å². The van der Waals surface area contributed by atoms with E-state index in [-0.39, 0.29) is 0 Å². The lowest BCUT2D eigenvalue weighted by Crippen LogP contribution is -2.12. The molecule has 1 unspecified atom stereocenters. The van der Waals surface area contributed by atoms with E-state index in [0.29, 0.717) is 6.04 Å². The van der Waals surface area contributed by atoms with Crippen molar-refractivity contribution in [1.82, 2.24) is 5.32 Å². The fourth-order valence-corrected chi connectivity index (χ4v) is 1.11. The average molecular weight is 179 g/mol. The lowest BCUT2D eigenvalue weighted by molar-refractivity contribution is 0.652. The third-order valence-electron chi connectivity index (χ3n) is 1.98. The predicted molar refractivity (Wildman–Crippen MR) is 60.0 cm³/mol. The number of nitrogens with one attached hydrogen (secondary N) is 1. The van der Waals surface area contributed by atoms with Crippen molar-refractivity contribution in [3.8, 4) is 0 Å². The van der Waals surface area contributed by atoms with Crippen molar-refractivity contribution < 1.29 is 0 Å². The van der Waals surface area contributed by atoms with Crippen molar-refractivity contribution in [3.05, 3.63) is 35.4 Å². The summed E-state index contributed by atoms with van der Waals surface area (Å²) in [5.74, 6) is 0. The van der Waals surface area contributed by atoms with E-state index in [2.05, 4.69) is 43.4 Å². The van der Waals surface area contributed by atoms with E-state index in [1.165, 1.54) is 11.1 Å². The minimum absolute atomic E-state index is 0.454. The van der Waals surface area contributed by atoms with Gasteiger partial charge in [0.25, 0.3) is 0 Å². The molecule has 13 heavy (non-hydrogen) atoms. The first-order valence-corrected chi connectivity index (χ1v) is 4.98. The maximum Gasteiger partial charge on any atom is 0.0289 e. The van der Waals surface area contributed by atoms with E-state index in [0.717, 1.165) is 0 Å². The molecular weight excluding hydrogens is 158 g/mol. The van der Waals surface area contributed by atoms with Crippen LogP contribution in [0, 0.1) is 6.92 Å². The summed E-state index contributed by atoms with van der Waals surface area (Å²) in [6.07, 6.45) is 0. The Hall–Kier alpha value is -0.820. The molecule has 1 aromatic rings. The second-order valence-electron chi connectivity index (χ2n) is 2.92. The molecule has 0 fully saturated rings. The van der Waals surface area contributed by atoms with Crippen LogP contribution in [0.2, 0.25) is 0 Å². The van der Waals surface area contributed by atoms with Gasteiger partial charge in [-0.3, -0.25) is 0 Å². The highest BCUT2D eigenvalue weighted by atomic mass is 14.8. The summed E-state index contributed by atoms with van der Waals surface area (Å²) in [6.45, 7) is 8.28. The topological polar surface area (TPSA) is 12.0 Å². The van der Waals surface area contributed by atoms with Crippen LogP contribution < -0.4 is 5.32 Å². The summed E-state index contributed by atoms with van der Waals surface area (Å²) in [5, 5.41) is 3.21. The van der Waals surface area contributed by atoms with Gasteiger partial charge in [0.15, 0.2) is 0 Å². The van der Waals surface area contributed by atoms with Gasteiger partial charge >= 0.3 is 0 Å². The van der Waals surface area contributed by atoms with Gasteiger partial charge in [-0.2, -0.15) is 0 Å². The monoisotopic (exact) mass is 179 g/mol. The summed E-state index contributed by atoms with van der Waals surface area (Å²) in [7, 11) is 1.98. The molecule has 1 atom stereocenters. The van der Waals surface area contributed by atoms with E-state index in [4.69, 9.17) is 0 Å². The number of aryl methyl sites for hydroxylation is 1. The van der Waals surface area contributed by atoms with Gasteiger partial charge in [-0.25, -0.2) is 0 Å². The van der Waals surface area contributed by atoms with Gasteiger partial charge in [0.1, 0.15) is 0 Å². The first-order valence-electron chi connectivity index (χ1n) is 4.98. The molecule has 0 aromatic heterocycles. The van der Waals surface area contributed by atoms with Crippen LogP contribution in [0.1, 0.15) is 37.9 Å². The third-order valence-corrected chi connectivity index (χ3v) is 1.98. The Morgan fingerprint density at radius 1 is 1.23 bits per heavy atom. The van der Waals surface area contributed by atoms with E-state index >= 15 is 0 Å². The fraction of sp³-hybridized carbons (Fsp3) is 0.500. The Morgan fingerprint density at radius 2 is 1.85 bits per heavy atom. The summed E-state index contributed by atoms with van der Waals surface area (Å²) in [5.41, 5.74) is 2.68. The average Bonchev–Trinajstić information content (AvgIpc) is 2.20. The van der Waals surface area contributed by atoms with Crippen LogP contribution in [0.25, 0.3) is 0 Å². The van der Waals surface area contributed by atoms with Gasteiger partial charge in [0.05, 0.1) is 0 Å². The van der Waals surface area contributed by atoms with Gasteiger partial charge in [0, 0.05) is 6.04 Å². The molecule has 0 saturated carbocycles. The van der Waals surface area contributed by atoms with Gasteiger partial charge in [0.2, 0.25) is 0 Å². The SMILES string of the molecule is CC.CNC(C)c1cccc(C)c1. The lowest BCUT2D eigenvalue weighted by Gasteiger charge is -2.10. The minimum atomic E-state index is 0.454. The van der Waals surface area contributed by atoms with Crippen LogP contribution in [0.5, 0.6) is 0 Å². The van der Waals surface area contributed by atoms with Gasteiger partial charge in [-0.05, 0) is 26.5 Å². The predicted octanol–water partition coefficient (Wildman–Crippen LogP) is 3.30. The third kappa shape index (κ3) is 4.09. The number of rotatable bonds is 2. The van der Waals surface area contributed by atoms with E-state index in [1.807, 2.05) is 20.9 Å². The van der Waals surface area contributed by atoms with Crippen molar-refractivity contribution in [2.24, 2.45) is 0 Å². The highest BCUT2D eigenvalue weighted by Crippen LogP contribution is 2.12. The zero-order chi connectivity index (χ0) is 10.3. The molecule has 0 spiro atoms. The zero-order valence-corrected chi connectivity index (χ0v) is 9.39. The number of hydrogen-bond acceptors (Lipinski definition) is 1. The van der Waals surface area contributed by atoms with E-state index in [9.17, 15) is 0 Å². The van der Waals surface area contributed by atoms with Crippen LogP contribution in [0.4, 0.5) is 0 Å². The maximum absolute atomic E-state index is 3.21. The Kier molecular flexibility index (Phi) is 6.25. The van der Waals surface area contributed by atoms with Crippen molar-refractivity contribution >= 4 is 0 Å². The van der Waals surface area contributed by atoms with E-state index < -0.39 is 0 Å². The number of hydrogen-bond donors (Lipinski definition) is 1. The molecule has 1 aromatic carbocycles. The Morgan fingerprint density at radius 3 is 2.31 bits per heavy atom. The van der Waals surface area contributed by atoms with Crippen LogP contribution in [0.3, 0.4) is 0 Å². The highest BCUT2D eigenvalue weighted by molar-refractivity contribution is 5.24. The second-order valence-corrected chi connectivity index (χ2v) is 2.92. The summed E-state index contributed by atoms with van der Waals surface area (Å²) in [4.78, 5) is 0. The maximum atomic E-state index is 3.21. The largest absolute Gasteiger partial charge is 0.313 e. The Balaban J connectivity index is 0.000000671. The molecule has 0 radical (unpaired) electrons. The Labute approximate surface area is 82.2 Å². The molecule has 0 amide bonds. The first kappa shape index (κ1) is 12.2. The van der Waals surface area contributed by atoms with Gasteiger partial charge < -0.3 is 5.32 Å². The summed E-state index contributed by atoms with van der Waals surface area (Å²) in [6, 6.07) is 9.02. The molecule has 0 aliphatic rings. The molecule has 0 saturated heterocycles. The minimum Gasteiger partial charge on any atom is -0.313 e. The summed E-state index contributed by atoms with van der Waals surface area (Å²) >= 11 is 0. The molecule has 0 bridgehead atoms. The zero-order valence-electron chi connectivity index (χ0n) is 9.39. The smallest absolute Gasteiger partial charge is 0.0289 e. The van der Waals surface area contributed by atoms with Crippen molar-refractivity contribution in [2.45, 2.75) is 33.7 Å². The number of benzene rings is 1. The van der Waals surface area contributed by atoms with Gasteiger partial charge in [-0.1, -0.05) is 43.7 Å². The van der Waals surface area contributed by atoms with Crippen LogP contribution in [-0.2, 0) is 0 Å². The molecule has 1 nitrogen and oxygen atoms in total. The van der Waals surface area contributed by atoms with E-state index in [1.54, 1.807) is 0 Å². The van der Waals surface area contributed by atoms with Crippen LogP contribution >= 0.6 is 0 Å². The van der Waals surface area contributed by atoms with Crippen molar-refractivity contribution in [2.75, 3.05) is 7.05 Å². The highest BCUT2D eigenvalue weighted by Gasteiger charge is 1.99. The summed E-state index contributed by atoms with van der Waals surface area (Å²) < 4.78 is 0. The molecule has 74 valence electrons. The molecule has 1 N–H and O–H groups in total. The molecule has 0 heterocycles. The quantitative estimate of drug-likeness (QED) is 0.734. The van der Waals surface area contributed by atoms with Gasteiger partial charge in [-0.15, -0.1) is 0 Å². The molecule has 0 aliphatic heterocycles. The lowest BCUT2D eigenvalue weighted by atomic mass is 10.1. The molecular formula is C12H21N. The first-order chi connectivity index (χ1) is 6.24. The fourth-order valence-electron chi connectivity index (χ4n) is 1.11. The second kappa shape index (κ2) is 6.67. The molecule has 1 heteroatoms.